The molecule has 1 saturated carbocycles. The largest absolute Gasteiger partial charge is 0.481 e. The first-order valence-electron chi connectivity index (χ1n) is 9.98. The topological polar surface area (TPSA) is 104 Å². The molecule has 154 valence electrons. The van der Waals surface area contributed by atoms with E-state index in [1.54, 1.807) is 0 Å². The fraction of sp³-hybridized carbons (Fsp3) is 0.636. The summed E-state index contributed by atoms with van der Waals surface area (Å²) in [6, 6.07) is 3.78. The van der Waals surface area contributed by atoms with Crippen LogP contribution in [0.5, 0.6) is 5.75 Å². The van der Waals surface area contributed by atoms with E-state index in [-0.39, 0.29) is 24.5 Å². The summed E-state index contributed by atoms with van der Waals surface area (Å²) >= 11 is 0. The Labute approximate surface area is 165 Å². The second-order valence-corrected chi connectivity index (χ2v) is 8.79. The van der Waals surface area contributed by atoms with Gasteiger partial charge < -0.3 is 20.1 Å². The molecule has 3 N–H and O–H groups in total. The smallest absolute Gasteiger partial charge is 0.309 e. The number of aryl methyl sites for hydroxylation is 1. The summed E-state index contributed by atoms with van der Waals surface area (Å²) in [5.41, 5.74) is 1.65. The van der Waals surface area contributed by atoms with Gasteiger partial charge in [-0.3, -0.25) is 9.59 Å². The standard InChI is InChI=1S/C22H30O6/c1-13(25)28-18-10-17-14(9-16(18)15(11-23)12-24)5-6-19-21(17,2)7-4-8-22(19,3)20(26)27/h9-10,15,19,23-24H,4-8,11-12H2,1-3H3,(H,26,27)/t19-,21-,22+/m1/s1. The Morgan fingerprint density at radius 3 is 2.46 bits per heavy atom. The van der Waals surface area contributed by atoms with Crippen LogP contribution in [0.1, 0.15) is 69.1 Å². The van der Waals surface area contributed by atoms with Gasteiger partial charge in [0, 0.05) is 18.4 Å². The molecule has 6 nitrogen and oxygen atoms in total. The van der Waals surface area contributed by atoms with Crippen molar-refractivity contribution < 1.29 is 29.6 Å². The predicted molar refractivity (Wildman–Crippen MR) is 103 cm³/mol. The molecule has 3 rings (SSSR count). The average Bonchev–Trinajstić information content (AvgIpc) is 2.62. The van der Waals surface area contributed by atoms with E-state index in [2.05, 4.69) is 6.92 Å². The summed E-state index contributed by atoms with van der Waals surface area (Å²) in [6.45, 7) is 4.81. The zero-order chi connectivity index (χ0) is 20.7. The fourth-order valence-corrected chi connectivity index (χ4v) is 5.59. The molecule has 0 heterocycles. The van der Waals surface area contributed by atoms with Crippen LogP contribution in [0.3, 0.4) is 0 Å². The van der Waals surface area contributed by atoms with E-state index in [4.69, 9.17) is 4.74 Å². The summed E-state index contributed by atoms with van der Waals surface area (Å²) in [7, 11) is 0. The minimum Gasteiger partial charge on any atom is -0.481 e. The number of benzene rings is 1. The van der Waals surface area contributed by atoms with Crippen LogP contribution in [0.15, 0.2) is 12.1 Å². The quantitative estimate of drug-likeness (QED) is 0.528. The molecule has 1 aromatic rings. The second kappa shape index (κ2) is 7.48. The summed E-state index contributed by atoms with van der Waals surface area (Å²) in [5.74, 6) is -1.39. The van der Waals surface area contributed by atoms with Crippen LogP contribution in [-0.2, 0) is 21.4 Å². The van der Waals surface area contributed by atoms with Gasteiger partial charge in [-0.05, 0) is 61.1 Å². The van der Waals surface area contributed by atoms with Crippen molar-refractivity contribution in [2.75, 3.05) is 13.2 Å². The van der Waals surface area contributed by atoms with Crippen LogP contribution in [0.4, 0.5) is 0 Å². The lowest BCUT2D eigenvalue weighted by Gasteiger charge is -2.53. The molecule has 0 aromatic heterocycles. The zero-order valence-electron chi connectivity index (χ0n) is 16.8. The number of ether oxygens (including phenoxy) is 1. The van der Waals surface area contributed by atoms with Crippen LogP contribution >= 0.6 is 0 Å². The first kappa shape index (κ1) is 20.8. The molecule has 3 atom stereocenters. The molecule has 0 spiro atoms. The highest BCUT2D eigenvalue weighted by Gasteiger charge is 2.55. The first-order chi connectivity index (χ1) is 13.2. The summed E-state index contributed by atoms with van der Waals surface area (Å²) < 4.78 is 5.44. The molecular weight excluding hydrogens is 360 g/mol. The Morgan fingerprint density at radius 1 is 1.21 bits per heavy atom. The third-order valence-corrected chi connectivity index (χ3v) is 7.11. The van der Waals surface area contributed by atoms with Crippen molar-refractivity contribution >= 4 is 11.9 Å². The monoisotopic (exact) mass is 390 g/mol. The Hall–Kier alpha value is -1.92. The summed E-state index contributed by atoms with van der Waals surface area (Å²) in [5, 5.41) is 29.2. The van der Waals surface area contributed by atoms with Crippen LogP contribution in [0.25, 0.3) is 0 Å². The third kappa shape index (κ3) is 3.22. The van der Waals surface area contributed by atoms with Gasteiger partial charge in [0.05, 0.1) is 18.6 Å². The van der Waals surface area contributed by atoms with Crippen molar-refractivity contribution in [2.45, 2.75) is 64.2 Å². The minimum atomic E-state index is -0.774. The molecule has 2 aliphatic rings. The van der Waals surface area contributed by atoms with Gasteiger partial charge in [0.1, 0.15) is 5.75 Å². The number of aliphatic hydroxyl groups excluding tert-OH is 2. The molecule has 0 saturated heterocycles. The van der Waals surface area contributed by atoms with Crippen LogP contribution in [0, 0.1) is 11.3 Å². The molecule has 2 aliphatic carbocycles. The van der Waals surface area contributed by atoms with Gasteiger partial charge in [0.15, 0.2) is 0 Å². The van der Waals surface area contributed by atoms with E-state index in [1.807, 2.05) is 19.1 Å². The van der Waals surface area contributed by atoms with Gasteiger partial charge in [0.25, 0.3) is 0 Å². The van der Waals surface area contributed by atoms with E-state index < -0.39 is 23.3 Å². The molecule has 0 radical (unpaired) electrons. The number of carboxylic acids is 1. The zero-order valence-corrected chi connectivity index (χ0v) is 16.8. The lowest BCUT2D eigenvalue weighted by atomic mass is 9.49. The Morgan fingerprint density at radius 2 is 1.89 bits per heavy atom. The van der Waals surface area contributed by atoms with Crippen LogP contribution in [-0.4, -0.2) is 40.5 Å². The molecule has 0 aliphatic heterocycles. The molecule has 1 fully saturated rings. The van der Waals surface area contributed by atoms with Crippen molar-refractivity contribution in [3.05, 3.63) is 28.8 Å². The lowest BCUT2D eigenvalue weighted by Crippen LogP contribution is -2.52. The maximum absolute atomic E-state index is 12.1. The predicted octanol–water partition coefficient (Wildman–Crippen LogP) is 2.78. The van der Waals surface area contributed by atoms with E-state index in [0.717, 1.165) is 36.8 Å². The molecule has 0 bridgehead atoms. The maximum Gasteiger partial charge on any atom is 0.309 e. The fourth-order valence-electron chi connectivity index (χ4n) is 5.59. The van der Waals surface area contributed by atoms with Crippen LogP contribution in [0.2, 0.25) is 0 Å². The number of rotatable bonds is 5. The average molecular weight is 390 g/mol. The Bertz CT molecular complexity index is 783. The Kier molecular flexibility index (Phi) is 5.56. The first-order valence-corrected chi connectivity index (χ1v) is 9.98. The highest BCUT2D eigenvalue weighted by Crippen LogP contribution is 2.58. The van der Waals surface area contributed by atoms with E-state index >= 15 is 0 Å². The van der Waals surface area contributed by atoms with Gasteiger partial charge in [-0.25, -0.2) is 0 Å². The highest BCUT2D eigenvalue weighted by atomic mass is 16.5. The second-order valence-electron chi connectivity index (χ2n) is 8.79. The summed E-state index contributed by atoms with van der Waals surface area (Å²) in [4.78, 5) is 23.8. The van der Waals surface area contributed by atoms with Gasteiger partial charge in [-0.2, -0.15) is 0 Å². The van der Waals surface area contributed by atoms with Gasteiger partial charge in [-0.15, -0.1) is 0 Å². The lowest BCUT2D eigenvalue weighted by molar-refractivity contribution is -0.157. The number of hydrogen-bond acceptors (Lipinski definition) is 5. The van der Waals surface area contributed by atoms with E-state index in [0.29, 0.717) is 17.7 Å². The van der Waals surface area contributed by atoms with Crippen molar-refractivity contribution in [3.8, 4) is 5.75 Å². The van der Waals surface area contributed by atoms with E-state index in [9.17, 15) is 24.9 Å². The third-order valence-electron chi connectivity index (χ3n) is 7.11. The Balaban J connectivity index is 2.15. The summed E-state index contributed by atoms with van der Waals surface area (Å²) in [6.07, 6.45) is 3.90. The molecule has 0 amide bonds. The normalized spacial score (nSPS) is 29.1. The van der Waals surface area contributed by atoms with Gasteiger partial charge >= 0.3 is 11.9 Å². The van der Waals surface area contributed by atoms with Crippen molar-refractivity contribution in [2.24, 2.45) is 11.3 Å². The molecule has 1 aromatic carbocycles. The number of esters is 1. The number of fused-ring (bicyclic) bond motifs is 3. The number of carbonyl (C=O) groups is 2. The van der Waals surface area contributed by atoms with Crippen molar-refractivity contribution in [1.29, 1.82) is 0 Å². The SMILES string of the molecule is CC(=O)Oc1cc2c(cc1C(CO)CO)CC[C@H]1[C@@](C)(C(=O)O)CCC[C@]21C. The van der Waals surface area contributed by atoms with Crippen molar-refractivity contribution in [3.63, 3.8) is 0 Å². The van der Waals surface area contributed by atoms with E-state index in [1.165, 1.54) is 6.92 Å². The number of carbonyl (C=O) groups excluding carboxylic acids is 1. The van der Waals surface area contributed by atoms with Crippen LogP contribution < -0.4 is 4.74 Å². The number of aliphatic hydroxyl groups is 2. The van der Waals surface area contributed by atoms with Gasteiger partial charge in [0.2, 0.25) is 0 Å². The van der Waals surface area contributed by atoms with Crippen molar-refractivity contribution in [1.82, 2.24) is 0 Å². The molecule has 0 unspecified atom stereocenters. The maximum atomic E-state index is 12.1. The minimum absolute atomic E-state index is 0.00117. The highest BCUT2D eigenvalue weighted by molar-refractivity contribution is 5.75. The molecule has 6 heteroatoms. The number of carboxylic acid groups (broad SMARTS) is 1. The number of hydrogen-bond donors (Lipinski definition) is 3. The molecule has 28 heavy (non-hydrogen) atoms. The number of aliphatic carboxylic acids is 1. The van der Waals surface area contributed by atoms with Gasteiger partial charge in [-0.1, -0.05) is 19.4 Å². The molecular formula is C22H30O6.